The summed E-state index contributed by atoms with van der Waals surface area (Å²) in [5.74, 6) is -0.353. The first-order valence-electron chi connectivity index (χ1n) is 23.2. The van der Waals surface area contributed by atoms with Crippen molar-refractivity contribution in [1.29, 1.82) is 0 Å². The molecule has 0 saturated carbocycles. The molecule has 0 amide bonds. The lowest BCUT2D eigenvalue weighted by molar-refractivity contribution is -0.154. The van der Waals surface area contributed by atoms with Gasteiger partial charge < -0.3 is 20.1 Å². The number of phosphoric acid groups is 1. The molecule has 9 heteroatoms. The topological polar surface area (TPSA) is 117 Å². The molecular formula is C50H86NO7P. The second-order valence-corrected chi connectivity index (χ2v) is 16.3. The summed E-state index contributed by atoms with van der Waals surface area (Å²) in [7, 11) is -4.29. The molecule has 2 unspecified atom stereocenters. The number of carbonyl (C=O) groups excluding carboxylic acids is 1. The maximum Gasteiger partial charge on any atom is 0.472 e. The van der Waals surface area contributed by atoms with Crippen LogP contribution in [0.4, 0.5) is 0 Å². The lowest BCUT2D eigenvalue weighted by Gasteiger charge is -2.20. The molecule has 8 nitrogen and oxygen atoms in total. The van der Waals surface area contributed by atoms with E-state index in [0.717, 1.165) is 103 Å². The summed E-state index contributed by atoms with van der Waals surface area (Å²) < 4.78 is 33.5. The highest BCUT2D eigenvalue weighted by molar-refractivity contribution is 7.47. The summed E-state index contributed by atoms with van der Waals surface area (Å²) >= 11 is 0. The molecule has 0 fully saturated rings. The van der Waals surface area contributed by atoms with Crippen LogP contribution < -0.4 is 5.73 Å². The molecule has 338 valence electrons. The van der Waals surface area contributed by atoms with Gasteiger partial charge in [-0.2, -0.15) is 0 Å². The number of allylic oxidation sites excluding steroid dienone is 16. The van der Waals surface area contributed by atoms with E-state index in [1.807, 2.05) is 0 Å². The van der Waals surface area contributed by atoms with Gasteiger partial charge in [0, 0.05) is 19.6 Å². The van der Waals surface area contributed by atoms with Crippen molar-refractivity contribution in [2.75, 3.05) is 33.0 Å². The zero-order valence-corrected chi connectivity index (χ0v) is 38.3. The first-order chi connectivity index (χ1) is 28.9. The SMILES string of the molecule is CC/C=C\C/C=C\C/C=C\C/C=C\C/C=C\C/C=C\CCCCCCCCC(=O)OC(COCCCCCCCC/C=C\C/C=C\CCCC)COP(=O)(O)OCCN. The molecule has 0 aromatic rings. The van der Waals surface area contributed by atoms with E-state index in [1.54, 1.807) is 0 Å². The van der Waals surface area contributed by atoms with Crippen LogP contribution in [-0.4, -0.2) is 49.9 Å². The van der Waals surface area contributed by atoms with Gasteiger partial charge in [-0.1, -0.05) is 175 Å². The molecule has 2 atom stereocenters. The fourth-order valence-electron chi connectivity index (χ4n) is 5.84. The van der Waals surface area contributed by atoms with E-state index in [-0.39, 0.29) is 32.3 Å². The Kier molecular flexibility index (Phi) is 44.5. The molecule has 0 saturated heterocycles. The molecule has 0 rings (SSSR count). The molecule has 0 heterocycles. The highest BCUT2D eigenvalue weighted by Gasteiger charge is 2.25. The fraction of sp³-hybridized carbons (Fsp3) is 0.660. The number of esters is 1. The minimum absolute atomic E-state index is 0.0903. The van der Waals surface area contributed by atoms with Crippen LogP contribution in [0.1, 0.15) is 174 Å². The Morgan fingerprint density at radius 1 is 0.525 bits per heavy atom. The van der Waals surface area contributed by atoms with Crippen LogP contribution in [0.5, 0.6) is 0 Å². The predicted octanol–water partition coefficient (Wildman–Crippen LogP) is 14.2. The van der Waals surface area contributed by atoms with Gasteiger partial charge in [0.2, 0.25) is 0 Å². The second-order valence-electron chi connectivity index (χ2n) is 14.9. The van der Waals surface area contributed by atoms with Crippen LogP contribution in [0.15, 0.2) is 97.2 Å². The Morgan fingerprint density at radius 3 is 1.42 bits per heavy atom. The molecule has 0 spiro atoms. The summed E-state index contributed by atoms with van der Waals surface area (Å²) in [5.41, 5.74) is 5.37. The van der Waals surface area contributed by atoms with Crippen molar-refractivity contribution < 1.29 is 32.8 Å². The maximum atomic E-state index is 12.6. The van der Waals surface area contributed by atoms with Crippen molar-refractivity contribution in [1.82, 2.24) is 0 Å². The molecule has 0 radical (unpaired) electrons. The minimum atomic E-state index is -4.29. The third-order valence-electron chi connectivity index (χ3n) is 9.24. The summed E-state index contributed by atoms with van der Waals surface area (Å²) in [6, 6.07) is 0. The first kappa shape index (κ1) is 56.4. The Bertz CT molecular complexity index is 1220. The Morgan fingerprint density at radius 2 is 0.949 bits per heavy atom. The van der Waals surface area contributed by atoms with Crippen molar-refractivity contribution in [2.24, 2.45) is 5.73 Å². The zero-order chi connectivity index (χ0) is 43.0. The molecule has 0 aromatic carbocycles. The molecule has 0 aromatic heterocycles. The van der Waals surface area contributed by atoms with E-state index in [0.29, 0.717) is 13.0 Å². The fourth-order valence-corrected chi connectivity index (χ4v) is 6.60. The molecule has 0 bridgehead atoms. The van der Waals surface area contributed by atoms with Crippen molar-refractivity contribution in [2.45, 2.75) is 180 Å². The van der Waals surface area contributed by atoms with Crippen LogP contribution in [0.25, 0.3) is 0 Å². The average Bonchev–Trinajstić information content (AvgIpc) is 3.23. The number of hydrogen-bond donors (Lipinski definition) is 2. The van der Waals surface area contributed by atoms with Gasteiger partial charge in [-0.15, -0.1) is 0 Å². The van der Waals surface area contributed by atoms with E-state index in [4.69, 9.17) is 24.3 Å². The van der Waals surface area contributed by atoms with Gasteiger partial charge in [-0.3, -0.25) is 13.8 Å². The summed E-state index contributed by atoms with van der Waals surface area (Å²) in [6.45, 7) is 4.70. The molecular weight excluding hydrogens is 758 g/mol. The highest BCUT2D eigenvalue weighted by atomic mass is 31.2. The van der Waals surface area contributed by atoms with Gasteiger partial charge in [0.1, 0.15) is 6.10 Å². The Balaban J connectivity index is 4.07. The van der Waals surface area contributed by atoms with Crippen molar-refractivity contribution in [3.63, 3.8) is 0 Å². The number of carbonyl (C=O) groups is 1. The first-order valence-corrected chi connectivity index (χ1v) is 24.7. The largest absolute Gasteiger partial charge is 0.472 e. The number of ether oxygens (including phenoxy) is 2. The van der Waals surface area contributed by atoms with Crippen LogP contribution in [0, 0.1) is 0 Å². The van der Waals surface area contributed by atoms with Crippen LogP contribution in [-0.2, 0) is 27.9 Å². The smallest absolute Gasteiger partial charge is 0.457 e. The number of rotatable bonds is 43. The van der Waals surface area contributed by atoms with Gasteiger partial charge in [0.05, 0.1) is 19.8 Å². The van der Waals surface area contributed by atoms with E-state index >= 15 is 0 Å². The zero-order valence-electron chi connectivity index (χ0n) is 37.4. The predicted molar refractivity (Wildman–Crippen MR) is 251 cm³/mol. The third-order valence-corrected chi connectivity index (χ3v) is 10.2. The summed E-state index contributed by atoms with van der Waals surface area (Å²) in [4.78, 5) is 22.5. The van der Waals surface area contributed by atoms with Crippen molar-refractivity contribution in [3.8, 4) is 0 Å². The Hall–Kier alpha value is -2.58. The Labute approximate surface area is 361 Å². The molecule has 59 heavy (non-hydrogen) atoms. The summed E-state index contributed by atoms with van der Waals surface area (Å²) in [6.07, 6.45) is 61.4. The van der Waals surface area contributed by atoms with E-state index in [1.165, 1.54) is 51.4 Å². The van der Waals surface area contributed by atoms with Gasteiger partial charge in [0.25, 0.3) is 0 Å². The van der Waals surface area contributed by atoms with E-state index < -0.39 is 13.9 Å². The quantitative estimate of drug-likeness (QED) is 0.0270. The van der Waals surface area contributed by atoms with Gasteiger partial charge >= 0.3 is 13.8 Å². The molecule has 0 aliphatic carbocycles. The normalized spacial score (nSPS) is 14.3. The summed E-state index contributed by atoms with van der Waals surface area (Å²) in [5, 5.41) is 0. The maximum absolute atomic E-state index is 12.6. The van der Waals surface area contributed by atoms with Crippen molar-refractivity contribution >= 4 is 13.8 Å². The van der Waals surface area contributed by atoms with Gasteiger partial charge in [0.15, 0.2) is 0 Å². The van der Waals surface area contributed by atoms with Crippen molar-refractivity contribution in [3.05, 3.63) is 97.2 Å². The van der Waals surface area contributed by atoms with Gasteiger partial charge in [-0.05, 0) is 89.9 Å². The number of phosphoric ester groups is 1. The van der Waals surface area contributed by atoms with Crippen LogP contribution in [0.3, 0.4) is 0 Å². The highest BCUT2D eigenvalue weighted by Crippen LogP contribution is 2.43. The van der Waals surface area contributed by atoms with Crippen LogP contribution in [0.2, 0.25) is 0 Å². The monoisotopic (exact) mass is 844 g/mol. The minimum Gasteiger partial charge on any atom is -0.457 e. The lowest BCUT2D eigenvalue weighted by atomic mass is 10.1. The molecule has 3 N–H and O–H groups in total. The standard InChI is InChI=1S/C50H86NO7P/c1-3-5-7-9-11-13-15-17-19-20-21-22-23-24-25-26-27-28-29-31-33-35-37-39-41-43-50(52)58-49(48-57-59(53,54)56-46-44-51)47-55-45-42-40-38-36-34-32-30-18-16-14-12-10-8-6-4-2/h5,7,10-13,16-19,21-22,24-25,27-28,49H,3-4,6,8-9,14-15,20,23,26,29-48,51H2,1-2H3,(H,53,54)/b7-5-,12-10-,13-11-,18-16-,19-17-,22-21-,25-24-,28-27-. The molecule has 0 aliphatic rings. The van der Waals surface area contributed by atoms with E-state index in [2.05, 4.69) is 111 Å². The second kappa shape index (κ2) is 46.5. The van der Waals surface area contributed by atoms with E-state index in [9.17, 15) is 14.3 Å². The molecule has 0 aliphatic heterocycles. The number of hydrogen-bond acceptors (Lipinski definition) is 7. The number of nitrogens with two attached hydrogens (primary N) is 1. The lowest BCUT2D eigenvalue weighted by Crippen LogP contribution is -2.28. The average molecular weight is 844 g/mol. The third kappa shape index (κ3) is 46.3. The van der Waals surface area contributed by atoms with Crippen LogP contribution >= 0.6 is 7.82 Å². The van der Waals surface area contributed by atoms with Gasteiger partial charge in [-0.25, -0.2) is 4.57 Å². The number of unbranched alkanes of at least 4 members (excludes halogenated alkanes) is 14.